The molecule has 0 bridgehead atoms. The first-order valence-electron chi connectivity index (χ1n) is 12.1. The number of ether oxygens (including phenoxy) is 1. The van der Waals surface area contributed by atoms with E-state index in [1.807, 2.05) is 32.0 Å². The molecular formula is C28H37IN4O2. The number of nitrogens with zero attached hydrogens (tertiary/aromatic N) is 1. The number of allylic oxidation sites excluding steroid dienone is 1. The lowest BCUT2D eigenvalue weighted by Gasteiger charge is -2.34. The lowest BCUT2D eigenvalue weighted by Crippen LogP contribution is -2.36. The number of amides is 1. The Kier molecular flexibility index (Phi) is 9.74. The topological polar surface area (TPSA) is 77.5 Å². The third-order valence-electron chi connectivity index (χ3n) is 6.81. The number of rotatable bonds is 9. The van der Waals surface area contributed by atoms with E-state index in [1.54, 1.807) is 20.4 Å². The first-order chi connectivity index (χ1) is 16.8. The standard InChI is InChI=1S/C28H37IN4O2/c1-18-6-7-22(21-8-10-33(11-9-21)20(3)29)15-27(18)28(34)32-19(2)23-12-24(14-26(13-23)35-5)25(16-30)17-31-4/h6-7,12-17,19-21,30-31H,8-11H2,1-5H3,(H,32,34)/b25-17+,30-16?/t19-,20?/m1/s1. The summed E-state index contributed by atoms with van der Waals surface area (Å²) >= 11 is 2.48. The molecule has 1 fully saturated rings. The molecule has 188 valence electrons. The Hall–Kier alpha value is -2.39. The van der Waals surface area contributed by atoms with Crippen LogP contribution in [0.3, 0.4) is 0 Å². The van der Waals surface area contributed by atoms with Crippen molar-refractivity contribution in [2.75, 3.05) is 27.2 Å². The Morgan fingerprint density at radius 2 is 1.91 bits per heavy atom. The van der Waals surface area contributed by atoms with Crippen LogP contribution in [0.25, 0.3) is 5.57 Å². The zero-order valence-corrected chi connectivity index (χ0v) is 23.5. The van der Waals surface area contributed by atoms with Crippen molar-refractivity contribution in [1.29, 1.82) is 5.41 Å². The minimum absolute atomic E-state index is 0.0717. The van der Waals surface area contributed by atoms with E-state index in [0.717, 1.165) is 53.8 Å². The molecule has 2 atom stereocenters. The number of alkyl halides is 1. The van der Waals surface area contributed by atoms with Crippen molar-refractivity contribution in [2.45, 2.75) is 49.6 Å². The van der Waals surface area contributed by atoms with E-state index < -0.39 is 0 Å². The summed E-state index contributed by atoms with van der Waals surface area (Å²) in [6.07, 6.45) is 5.32. The van der Waals surface area contributed by atoms with Crippen LogP contribution in [0.1, 0.15) is 71.3 Å². The van der Waals surface area contributed by atoms with Crippen molar-refractivity contribution in [1.82, 2.24) is 15.5 Å². The smallest absolute Gasteiger partial charge is 0.252 e. The maximum atomic E-state index is 13.3. The Labute approximate surface area is 223 Å². The molecule has 1 heterocycles. The number of carbonyl (C=O) groups is 1. The lowest BCUT2D eigenvalue weighted by molar-refractivity contribution is 0.0939. The highest BCUT2D eigenvalue weighted by molar-refractivity contribution is 14.1. The average molecular weight is 589 g/mol. The van der Waals surface area contributed by atoms with Gasteiger partial charge in [-0.15, -0.1) is 0 Å². The molecule has 7 heteroatoms. The van der Waals surface area contributed by atoms with Gasteiger partial charge in [0.05, 0.1) is 17.2 Å². The second-order valence-electron chi connectivity index (χ2n) is 9.18. The van der Waals surface area contributed by atoms with Gasteiger partial charge in [-0.1, -0.05) is 34.7 Å². The normalized spacial score (nSPS) is 16.9. The Bertz CT molecular complexity index is 1070. The van der Waals surface area contributed by atoms with E-state index in [2.05, 4.69) is 63.2 Å². The predicted molar refractivity (Wildman–Crippen MR) is 153 cm³/mol. The number of methoxy groups -OCH3 is 1. The quantitative estimate of drug-likeness (QED) is 0.153. The average Bonchev–Trinajstić information content (AvgIpc) is 2.87. The largest absolute Gasteiger partial charge is 0.497 e. The highest BCUT2D eigenvalue weighted by Crippen LogP contribution is 2.31. The fourth-order valence-corrected chi connectivity index (χ4v) is 5.16. The van der Waals surface area contributed by atoms with Gasteiger partial charge >= 0.3 is 0 Å². The number of piperidine rings is 1. The van der Waals surface area contributed by atoms with Crippen molar-refractivity contribution in [3.63, 3.8) is 0 Å². The fourth-order valence-electron chi connectivity index (χ4n) is 4.60. The van der Waals surface area contributed by atoms with Gasteiger partial charge in [0.25, 0.3) is 5.91 Å². The number of carbonyl (C=O) groups excluding carboxylic acids is 1. The number of nitrogens with one attached hydrogen (secondary N) is 3. The molecule has 1 aliphatic rings. The van der Waals surface area contributed by atoms with Gasteiger partial charge in [0.1, 0.15) is 5.75 Å². The number of hydrogen-bond acceptors (Lipinski definition) is 5. The zero-order valence-electron chi connectivity index (χ0n) is 21.3. The molecule has 3 N–H and O–H groups in total. The minimum atomic E-state index is -0.227. The molecule has 6 nitrogen and oxygen atoms in total. The van der Waals surface area contributed by atoms with Crippen molar-refractivity contribution < 1.29 is 9.53 Å². The maximum Gasteiger partial charge on any atom is 0.252 e. The number of likely N-dealkylation sites (tertiary alicyclic amines) is 1. The first-order valence-corrected chi connectivity index (χ1v) is 13.4. The van der Waals surface area contributed by atoms with Crippen LogP contribution in [0.4, 0.5) is 0 Å². The second kappa shape index (κ2) is 12.5. The Balaban J connectivity index is 1.79. The SMILES string of the molecule is CN/C=C(\C=N)c1cc(OC)cc([C@@H](C)NC(=O)c2cc(C3CCN(C(C)I)CC3)ccc2C)c1. The van der Waals surface area contributed by atoms with Gasteiger partial charge in [-0.05, 0) is 99.1 Å². The van der Waals surface area contributed by atoms with E-state index in [1.165, 1.54) is 11.8 Å². The number of aryl methyl sites for hydroxylation is 1. The summed E-state index contributed by atoms with van der Waals surface area (Å²) in [6.45, 7) is 8.40. The summed E-state index contributed by atoms with van der Waals surface area (Å²) in [5.41, 5.74) is 5.48. The van der Waals surface area contributed by atoms with Crippen LogP contribution < -0.4 is 15.4 Å². The molecule has 2 aromatic carbocycles. The van der Waals surface area contributed by atoms with Crippen LogP contribution in [-0.2, 0) is 0 Å². The maximum absolute atomic E-state index is 13.3. The molecule has 2 aromatic rings. The van der Waals surface area contributed by atoms with Crippen molar-refractivity contribution >= 4 is 40.3 Å². The monoisotopic (exact) mass is 588 g/mol. The van der Waals surface area contributed by atoms with Crippen LogP contribution in [0.15, 0.2) is 42.6 Å². The van der Waals surface area contributed by atoms with Gasteiger partial charge in [0.2, 0.25) is 0 Å². The van der Waals surface area contributed by atoms with Crippen molar-refractivity contribution in [3.8, 4) is 5.75 Å². The Morgan fingerprint density at radius 1 is 1.20 bits per heavy atom. The van der Waals surface area contributed by atoms with Crippen LogP contribution in [0, 0.1) is 12.3 Å². The molecule has 35 heavy (non-hydrogen) atoms. The van der Waals surface area contributed by atoms with Crippen LogP contribution in [0.2, 0.25) is 0 Å². The number of halogens is 1. The Morgan fingerprint density at radius 3 is 2.51 bits per heavy atom. The first kappa shape index (κ1) is 27.2. The lowest BCUT2D eigenvalue weighted by atomic mass is 9.87. The molecule has 0 radical (unpaired) electrons. The number of hydrogen-bond donors (Lipinski definition) is 3. The molecule has 1 unspecified atom stereocenters. The molecule has 0 spiro atoms. The van der Waals surface area contributed by atoms with Gasteiger partial charge < -0.3 is 20.8 Å². The summed E-state index contributed by atoms with van der Waals surface area (Å²) in [4.78, 5) is 15.9. The molecule has 3 rings (SSSR count). The molecule has 1 saturated heterocycles. The van der Waals surface area contributed by atoms with E-state index >= 15 is 0 Å². The minimum Gasteiger partial charge on any atom is -0.497 e. The highest BCUT2D eigenvalue weighted by atomic mass is 127. The number of benzene rings is 2. The van der Waals surface area contributed by atoms with Crippen LogP contribution in [-0.4, -0.2) is 48.3 Å². The van der Waals surface area contributed by atoms with Gasteiger partial charge in [-0.25, -0.2) is 0 Å². The molecule has 1 amide bonds. The van der Waals surface area contributed by atoms with Crippen molar-refractivity contribution in [3.05, 3.63) is 70.4 Å². The third-order valence-corrected chi connectivity index (χ3v) is 7.60. The summed E-state index contributed by atoms with van der Waals surface area (Å²) in [6, 6.07) is 11.9. The van der Waals surface area contributed by atoms with Gasteiger partial charge in [-0.2, -0.15) is 0 Å². The van der Waals surface area contributed by atoms with Crippen molar-refractivity contribution in [2.24, 2.45) is 0 Å². The van der Waals surface area contributed by atoms with Crippen LogP contribution >= 0.6 is 22.6 Å². The van der Waals surface area contributed by atoms with E-state index in [0.29, 0.717) is 15.7 Å². The van der Waals surface area contributed by atoms with E-state index in [9.17, 15) is 4.79 Å². The summed E-state index contributed by atoms with van der Waals surface area (Å²) in [5, 5.41) is 13.9. The second-order valence-corrected chi connectivity index (χ2v) is 11.0. The molecule has 1 aliphatic heterocycles. The van der Waals surface area contributed by atoms with Gasteiger partial charge in [-0.3, -0.25) is 9.69 Å². The molecule has 0 saturated carbocycles. The van der Waals surface area contributed by atoms with E-state index in [4.69, 9.17) is 10.1 Å². The highest BCUT2D eigenvalue weighted by Gasteiger charge is 2.24. The predicted octanol–water partition coefficient (Wildman–Crippen LogP) is 5.66. The zero-order chi connectivity index (χ0) is 25.5. The van der Waals surface area contributed by atoms with Gasteiger partial charge in [0, 0.05) is 30.6 Å². The van der Waals surface area contributed by atoms with Gasteiger partial charge in [0.15, 0.2) is 0 Å². The molecule has 0 aromatic heterocycles. The molecular weight excluding hydrogens is 551 g/mol. The van der Waals surface area contributed by atoms with Crippen LogP contribution in [0.5, 0.6) is 5.75 Å². The summed E-state index contributed by atoms with van der Waals surface area (Å²) in [7, 11) is 3.43. The third kappa shape index (κ3) is 6.85. The van der Waals surface area contributed by atoms with E-state index in [-0.39, 0.29) is 11.9 Å². The summed E-state index contributed by atoms with van der Waals surface area (Å²) < 4.78 is 6.04. The summed E-state index contributed by atoms with van der Waals surface area (Å²) in [5.74, 6) is 1.11. The fraction of sp³-hybridized carbons (Fsp3) is 0.429. The molecule has 0 aliphatic carbocycles.